The molecule has 29 heavy (non-hydrogen) atoms. The maximum absolute atomic E-state index is 13.6. The van der Waals surface area contributed by atoms with E-state index in [1.54, 1.807) is 0 Å². The van der Waals surface area contributed by atoms with E-state index in [0.29, 0.717) is 0 Å². The molecule has 1 heterocycles. The summed E-state index contributed by atoms with van der Waals surface area (Å²) in [7, 11) is -8.31. The first-order chi connectivity index (χ1) is 12.4. The van der Waals surface area contributed by atoms with Crippen molar-refractivity contribution in [1.82, 2.24) is 13.8 Å². The molecule has 0 aromatic carbocycles. The van der Waals surface area contributed by atoms with Crippen molar-refractivity contribution in [3.8, 4) is 0 Å². The molecule has 0 saturated heterocycles. The zero-order valence-electron chi connectivity index (χ0n) is 19.9. The summed E-state index contributed by atoms with van der Waals surface area (Å²) in [6, 6.07) is 0. The van der Waals surface area contributed by atoms with Crippen molar-refractivity contribution >= 4 is 60.2 Å². The van der Waals surface area contributed by atoms with Gasteiger partial charge in [-0.15, -0.1) is 0 Å². The van der Waals surface area contributed by atoms with Crippen molar-refractivity contribution in [2.45, 2.75) is 84.7 Å². The summed E-state index contributed by atoms with van der Waals surface area (Å²) in [5.41, 5.74) is 0.728. The van der Waals surface area contributed by atoms with Crippen molar-refractivity contribution in [1.29, 1.82) is 0 Å². The summed E-state index contributed by atoms with van der Waals surface area (Å²) < 4.78 is 40.1. The molecule has 0 saturated carbocycles. The van der Waals surface area contributed by atoms with E-state index in [0.717, 1.165) is 5.45 Å². The van der Waals surface area contributed by atoms with Gasteiger partial charge >= 0.3 is 12.1 Å². The van der Waals surface area contributed by atoms with E-state index in [2.05, 4.69) is 49.3 Å². The lowest BCUT2D eigenvalue weighted by molar-refractivity contribution is -0.177. The molecule has 1 N–H and O–H groups in total. The highest BCUT2D eigenvalue weighted by Crippen LogP contribution is 2.40. The minimum absolute atomic E-state index is 0.244. The molecule has 0 aliphatic carbocycles. The van der Waals surface area contributed by atoms with Gasteiger partial charge in [0.15, 0.2) is 0 Å². The average molecular weight is 505 g/mol. The van der Waals surface area contributed by atoms with Gasteiger partial charge < -0.3 is 8.80 Å². The molecular weight excluding hydrogens is 467 g/mol. The molecule has 0 atom stereocenters. The molecule has 0 unspecified atom stereocenters. The molecule has 0 aliphatic rings. The fourth-order valence-corrected chi connectivity index (χ4v) is 15.5. The Morgan fingerprint density at radius 1 is 0.931 bits per heavy atom. The van der Waals surface area contributed by atoms with Crippen LogP contribution in [0.2, 0.25) is 78.6 Å². The van der Waals surface area contributed by atoms with Crippen LogP contribution >= 0.6 is 11.1 Å². The van der Waals surface area contributed by atoms with Crippen LogP contribution in [0.4, 0.5) is 19.0 Å². The Kier molecular flexibility index (Phi) is 8.67. The summed E-state index contributed by atoms with van der Waals surface area (Å²) in [5.74, 6) is -1.43. The predicted octanol–water partition coefficient (Wildman–Crippen LogP) is 6.08. The van der Waals surface area contributed by atoms with Crippen LogP contribution in [0.15, 0.2) is 6.20 Å². The lowest BCUT2D eigenvalue weighted by Gasteiger charge is -2.52. The smallest absolute Gasteiger partial charge is 0.348 e. The third-order valence-electron chi connectivity index (χ3n) is 4.18. The fraction of sp³-hybridized carbons (Fsp3) is 0.765. The van der Waals surface area contributed by atoms with Gasteiger partial charge in [-0.25, -0.2) is 4.79 Å². The number of imidazole rings is 1. The van der Waals surface area contributed by atoms with Crippen LogP contribution in [0.25, 0.3) is 0 Å². The Bertz CT molecular complexity index is 692. The maximum Gasteiger partial charge on any atom is 0.506 e. The monoisotopic (exact) mass is 504 g/mol. The number of hydrogen-bond donors (Lipinski definition) is 1. The number of nitrogens with one attached hydrogen (secondary N) is 1. The highest BCUT2D eigenvalue weighted by molar-refractivity contribution is 7.18. The molecule has 0 spiro atoms. The fourth-order valence-electron chi connectivity index (χ4n) is 3.47. The molecule has 0 fully saturated rings. The Hall–Kier alpha value is -0.212. The topological polar surface area (TPSA) is 45.8 Å². The predicted molar refractivity (Wildman–Crippen MR) is 130 cm³/mol. The van der Waals surface area contributed by atoms with Gasteiger partial charge in [0.05, 0.1) is 11.6 Å². The second-order valence-electron chi connectivity index (χ2n) is 11.2. The Morgan fingerprint density at radius 3 is 1.48 bits per heavy atom. The quantitative estimate of drug-likeness (QED) is 0.398. The van der Waals surface area contributed by atoms with Crippen LogP contribution in [0.5, 0.6) is 0 Å². The third kappa shape index (κ3) is 7.16. The van der Waals surface area contributed by atoms with Crippen molar-refractivity contribution in [2.24, 2.45) is 0 Å². The number of halogens is 4. The van der Waals surface area contributed by atoms with E-state index >= 15 is 0 Å². The van der Waals surface area contributed by atoms with Crippen molar-refractivity contribution in [3.05, 3.63) is 6.20 Å². The van der Waals surface area contributed by atoms with Gasteiger partial charge in [0.25, 0.3) is 16.5 Å². The molecule has 170 valence electrons. The van der Waals surface area contributed by atoms with E-state index in [9.17, 15) is 18.0 Å². The highest BCUT2D eigenvalue weighted by atomic mass is 35.6. The molecule has 12 heteroatoms. The van der Waals surface area contributed by atoms with E-state index < -0.39 is 47.8 Å². The summed E-state index contributed by atoms with van der Waals surface area (Å²) in [6.45, 7) is 23.4. The first kappa shape index (κ1) is 28.8. The summed E-state index contributed by atoms with van der Waals surface area (Å²) >= 11 is 5.67. The van der Waals surface area contributed by atoms with Gasteiger partial charge in [0.1, 0.15) is 15.5 Å². The van der Waals surface area contributed by atoms with E-state index in [4.69, 9.17) is 11.1 Å². The van der Waals surface area contributed by atoms with Crippen LogP contribution in [0.1, 0.15) is 0 Å². The number of carbonyl (C=O) groups is 1. The van der Waals surface area contributed by atoms with E-state index in [1.165, 1.54) is 6.20 Å². The number of aromatic nitrogens is 2. The normalized spacial score (nSPS) is 14.3. The molecule has 0 bridgehead atoms. The molecule has 4 nitrogen and oxygen atoms in total. The number of carbonyl (C=O) groups excluding carboxylic acids is 1. The number of H-pyrrole nitrogens is 1. The Morgan fingerprint density at radius 2 is 1.28 bits per heavy atom. The molecule has 0 radical (unpaired) electrons. The van der Waals surface area contributed by atoms with Crippen LogP contribution in [-0.2, 0) is 4.79 Å². The van der Waals surface area contributed by atoms with Gasteiger partial charge in [0, 0.05) is 0 Å². The Balaban J connectivity index is 0.00000139. The summed E-state index contributed by atoms with van der Waals surface area (Å²) in [5, 5.41) is 0. The molecule has 1 aromatic rings. The number of amides is 1. The van der Waals surface area contributed by atoms with E-state index in [-0.39, 0.29) is 5.82 Å². The van der Waals surface area contributed by atoms with Crippen molar-refractivity contribution < 1.29 is 18.0 Å². The van der Waals surface area contributed by atoms with Gasteiger partial charge in [-0.2, -0.15) is 29.2 Å². The summed E-state index contributed by atoms with van der Waals surface area (Å²) in [6.07, 6.45) is -3.35. The number of aromatic amines is 1. The minimum atomic E-state index is -4.89. The molecule has 1 rings (SSSR count). The van der Waals surface area contributed by atoms with Crippen LogP contribution < -0.4 is 9.26 Å². The average Bonchev–Trinajstić information content (AvgIpc) is 2.81. The van der Waals surface area contributed by atoms with Crippen LogP contribution in [-0.4, -0.2) is 54.0 Å². The van der Waals surface area contributed by atoms with E-state index in [1.807, 2.05) is 39.3 Å². The number of rotatable bonds is 4. The van der Waals surface area contributed by atoms with Crippen LogP contribution in [0.3, 0.4) is 0 Å². The van der Waals surface area contributed by atoms with Gasteiger partial charge in [-0.1, -0.05) is 39.3 Å². The lowest BCUT2D eigenvalue weighted by Crippen LogP contribution is -2.81. The number of quaternary nitrogens is 1. The zero-order chi connectivity index (χ0) is 23.9. The Labute approximate surface area is 182 Å². The molecule has 1 aromatic heterocycles. The first-order valence-electron chi connectivity index (χ1n) is 9.63. The second-order valence-corrected chi connectivity index (χ2v) is 34.2. The van der Waals surface area contributed by atoms with Crippen molar-refractivity contribution in [2.75, 3.05) is 0 Å². The van der Waals surface area contributed by atoms with Gasteiger partial charge in [-0.05, 0) is 39.3 Å². The maximum atomic E-state index is 13.6. The van der Waals surface area contributed by atoms with Crippen molar-refractivity contribution in [3.63, 3.8) is 0 Å². The van der Waals surface area contributed by atoms with Gasteiger partial charge in [-0.3, -0.25) is 0 Å². The SMILES string of the molecule is C[Si](C)(C)Cl.C[Si](C)(C)c1nc([N+](C(=O)C(F)(F)F)([Si](C)(C)C)[Si](C)(C)C)c[nH]1. The number of hydrogen-bond acceptors (Lipinski definition) is 2. The second kappa shape index (κ2) is 8.73. The highest BCUT2D eigenvalue weighted by Gasteiger charge is 2.67. The van der Waals surface area contributed by atoms with Gasteiger partial charge in [0.2, 0.25) is 5.82 Å². The number of alkyl halides is 3. The largest absolute Gasteiger partial charge is 0.506 e. The molecule has 1 amide bonds. The molecule has 0 aliphatic heterocycles. The first-order valence-corrected chi connectivity index (χ1v) is 24.5. The minimum Gasteiger partial charge on any atom is -0.348 e. The summed E-state index contributed by atoms with van der Waals surface area (Å²) in [4.78, 5) is 20.3. The number of nitrogens with zero attached hydrogens (tertiary/aromatic N) is 2. The van der Waals surface area contributed by atoms with Crippen LogP contribution in [0, 0.1) is 0 Å². The zero-order valence-corrected chi connectivity index (χ0v) is 24.6. The standard InChI is InChI=1S/C14H29F3N3OSi3.C3H9ClSi/c1-22(2,3)13-18-10-11(19-13)20(23(4,5)6,24(7,8)9)12(21)14(15,16)17;1-5(2,3)4/h10H,1-9H3,(H,18,19);1-3H3/q+1;. The lowest BCUT2D eigenvalue weighted by atomic mass is 10.5. The third-order valence-corrected chi connectivity index (χ3v) is 14.8. The molecular formula is C17H38ClF3N3OSi4+.